The van der Waals surface area contributed by atoms with Crippen LogP contribution in [0.1, 0.15) is 29.2 Å². The van der Waals surface area contributed by atoms with Gasteiger partial charge in [0.05, 0.1) is 17.7 Å². The highest BCUT2D eigenvalue weighted by Gasteiger charge is 2.37. The zero-order chi connectivity index (χ0) is 20.2. The van der Waals surface area contributed by atoms with E-state index in [9.17, 15) is 31.1 Å². The lowest BCUT2D eigenvalue weighted by Crippen LogP contribution is -2.12. The average Bonchev–Trinajstić information content (AvgIpc) is 2.59. The second-order valence-corrected chi connectivity index (χ2v) is 5.47. The van der Waals surface area contributed by atoms with Crippen LogP contribution >= 0.6 is 0 Å². The Hall–Kier alpha value is -2.77. The lowest BCUT2D eigenvalue weighted by atomic mass is 9.94. The number of rotatable bonds is 4. The lowest BCUT2D eigenvalue weighted by molar-refractivity contribution is -0.143. The van der Waals surface area contributed by atoms with Crippen molar-refractivity contribution in [1.29, 1.82) is 0 Å². The minimum Gasteiger partial charge on any atom is -0.463 e. The SMILES string of the molecule is CCOC(=O)/C=C(\c1ccccc1)c1cc(C(F)(F)F)cc(C(F)(F)F)c1. The molecule has 0 N–H and O–H groups in total. The largest absolute Gasteiger partial charge is 0.463 e. The summed E-state index contributed by atoms with van der Waals surface area (Å²) in [5.74, 6) is -0.873. The van der Waals surface area contributed by atoms with Crippen molar-refractivity contribution in [2.75, 3.05) is 6.61 Å². The highest BCUT2D eigenvalue weighted by molar-refractivity contribution is 5.96. The van der Waals surface area contributed by atoms with Gasteiger partial charge < -0.3 is 4.74 Å². The van der Waals surface area contributed by atoms with E-state index >= 15 is 0 Å². The molecule has 27 heavy (non-hydrogen) atoms. The zero-order valence-corrected chi connectivity index (χ0v) is 14.0. The maximum Gasteiger partial charge on any atom is 0.416 e. The van der Waals surface area contributed by atoms with Crippen LogP contribution in [0.2, 0.25) is 0 Å². The smallest absolute Gasteiger partial charge is 0.416 e. The molecular formula is C19H14F6O2. The number of ether oxygens (including phenoxy) is 1. The summed E-state index contributed by atoms with van der Waals surface area (Å²) in [7, 11) is 0. The minimum absolute atomic E-state index is 0.00773. The van der Waals surface area contributed by atoms with Crippen LogP contribution in [-0.2, 0) is 21.9 Å². The van der Waals surface area contributed by atoms with Crippen molar-refractivity contribution in [2.24, 2.45) is 0 Å². The molecule has 2 nitrogen and oxygen atoms in total. The van der Waals surface area contributed by atoms with Crippen LogP contribution in [0.4, 0.5) is 26.3 Å². The van der Waals surface area contributed by atoms with E-state index in [1.807, 2.05) is 0 Å². The molecule has 0 atom stereocenters. The molecular weight excluding hydrogens is 374 g/mol. The van der Waals surface area contributed by atoms with E-state index in [1.54, 1.807) is 18.2 Å². The second kappa shape index (κ2) is 7.85. The number of benzene rings is 2. The molecule has 144 valence electrons. The van der Waals surface area contributed by atoms with Gasteiger partial charge in [-0.25, -0.2) is 4.79 Å². The summed E-state index contributed by atoms with van der Waals surface area (Å²) < 4.78 is 83.4. The third-order valence-corrected chi connectivity index (χ3v) is 3.53. The van der Waals surface area contributed by atoms with Crippen molar-refractivity contribution in [1.82, 2.24) is 0 Å². The van der Waals surface area contributed by atoms with E-state index in [1.165, 1.54) is 19.1 Å². The van der Waals surface area contributed by atoms with Gasteiger partial charge >= 0.3 is 18.3 Å². The first-order valence-corrected chi connectivity index (χ1v) is 7.76. The number of hydrogen-bond acceptors (Lipinski definition) is 2. The summed E-state index contributed by atoms with van der Waals surface area (Å²) in [6, 6.07) is 8.85. The summed E-state index contributed by atoms with van der Waals surface area (Å²) in [6.45, 7) is 1.54. The third-order valence-electron chi connectivity index (χ3n) is 3.53. The zero-order valence-electron chi connectivity index (χ0n) is 14.0. The van der Waals surface area contributed by atoms with Crippen LogP contribution in [0.15, 0.2) is 54.6 Å². The fourth-order valence-electron chi connectivity index (χ4n) is 2.36. The molecule has 8 heteroatoms. The van der Waals surface area contributed by atoms with Crippen LogP contribution in [0.3, 0.4) is 0 Å². The van der Waals surface area contributed by atoms with Gasteiger partial charge in [-0.15, -0.1) is 0 Å². The number of hydrogen-bond donors (Lipinski definition) is 0. The van der Waals surface area contributed by atoms with Gasteiger partial charge in [0.1, 0.15) is 0 Å². The van der Waals surface area contributed by atoms with Gasteiger partial charge in [-0.2, -0.15) is 26.3 Å². The van der Waals surface area contributed by atoms with Crippen molar-refractivity contribution < 1.29 is 35.9 Å². The molecule has 0 aliphatic carbocycles. The molecule has 0 saturated heterocycles. The van der Waals surface area contributed by atoms with E-state index in [4.69, 9.17) is 4.74 Å². The number of halogens is 6. The Labute approximate surface area is 151 Å². The predicted molar refractivity (Wildman–Crippen MR) is 86.6 cm³/mol. The number of alkyl halides is 6. The molecule has 2 rings (SSSR count). The van der Waals surface area contributed by atoms with Crippen molar-refractivity contribution in [3.8, 4) is 0 Å². The van der Waals surface area contributed by atoms with Crippen LogP contribution in [0.5, 0.6) is 0 Å². The second-order valence-electron chi connectivity index (χ2n) is 5.47. The molecule has 2 aromatic rings. The van der Waals surface area contributed by atoms with E-state index < -0.39 is 35.0 Å². The molecule has 0 heterocycles. The fourth-order valence-corrected chi connectivity index (χ4v) is 2.36. The molecule has 0 bridgehead atoms. The van der Waals surface area contributed by atoms with E-state index in [-0.39, 0.29) is 23.8 Å². The monoisotopic (exact) mass is 388 g/mol. The quantitative estimate of drug-likeness (QED) is 0.381. The van der Waals surface area contributed by atoms with Gasteiger partial charge in [-0.05, 0) is 41.8 Å². The van der Waals surface area contributed by atoms with Crippen LogP contribution in [-0.4, -0.2) is 12.6 Å². The lowest BCUT2D eigenvalue weighted by Gasteiger charge is -2.16. The van der Waals surface area contributed by atoms with Gasteiger partial charge in [0.15, 0.2) is 0 Å². The molecule has 0 aromatic heterocycles. The van der Waals surface area contributed by atoms with Gasteiger partial charge in [-0.1, -0.05) is 30.3 Å². The molecule has 0 fully saturated rings. The van der Waals surface area contributed by atoms with Crippen molar-refractivity contribution in [2.45, 2.75) is 19.3 Å². The van der Waals surface area contributed by atoms with Crippen LogP contribution in [0.25, 0.3) is 5.57 Å². The van der Waals surface area contributed by atoms with Crippen molar-refractivity contribution in [3.63, 3.8) is 0 Å². The van der Waals surface area contributed by atoms with E-state index in [0.29, 0.717) is 12.1 Å². The standard InChI is InChI=1S/C19H14F6O2/c1-2-27-17(26)11-16(12-6-4-3-5-7-12)13-8-14(18(20,21)22)10-15(9-13)19(23,24)25/h3-11H,2H2,1H3/b16-11+. The summed E-state index contributed by atoms with van der Waals surface area (Å²) in [5, 5.41) is 0. The fraction of sp³-hybridized carbons (Fsp3) is 0.211. The molecule has 0 saturated carbocycles. The van der Waals surface area contributed by atoms with E-state index in [0.717, 1.165) is 6.08 Å². The third kappa shape index (κ3) is 5.35. The summed E-state index contributed by atoms with van der Waals surface area (Å²) in [4.78, 5) is 11.8. The predicted octanol–water partition coefficient (Wildman–Crippen LogP) is 5.72. The maximum atomic E-state index is 13.1. The van der Waals surface area contributed by atoms with Gasteiger partial charge in [0, 0.05) is 6.08 Å². The molecule has 2 aromatic carbocycles. The minimum atomic E-state index is -4.98. The molecule has 0 amide bonds. The summed E-state index contributed by atoms with van der Waals surface area (Å²) in [5.41, 5.74) is -3.14. The molecule has 0 unspecified atom stereocenters. The Balaban J connectivity index is 2.73. The Morgan fingerprint density at radius 1 is 0.889 bits per heavy atom. The Morgan fingerprint density at radius 2 is 1.41 bits per heavy atom. The van der Waals surface area contributed by atoms with Crippen molar-refractivity contribution >= 4 is 11.5 Å². The first-order valence-electron chi connectivity index (χ1n) is 7.76. The molecule has 0 radical (unpaired) electrons. The Morgan fingerprint density at radius 3 is 1.85 bits per heavy atom. The van der Waals surface area contributed by atoms with Crippen molar-refractivity contribution in [3.05, 3.63) is 76.9 Å². The summed E-state index contributed by atoms with van der Waals surface area (Å²) in [6.07, 6.45) is -9.09. The number of esters is 1. The van der Waals surface area contributed by atoms with Gasteiger partial charge in [0.2, 0.25) is 0 Å². The molecule has 0 aliphatic heterocycles. The first kappa shape index (κ1) is 20.5. The van der Waals surface area contributed by atoms with Gasteiger partial charge in [0.25, 0.3) is 0 Å². The Bertz CT molecular complexity index is 803. The van der Waals surface area contributed by atoms with Crippen LogP contribution < -0.4 is 0 Å². The molecule has 0 aliphatic rings. The Kier molecular flexibility index (Phi) is 5.98. The van der Waals surface area contributed by atoms with Gasteiger partial charge in [-0.3, -0.25) is 0 Å². The first-order chi connectivity index (χ1) is 12.5. The number of carbonyl (C=O) groups is 1. The highest BCUT2D eigenvalue weighted by Crippen LogP contribution is 2.38. The van der Waals surface area contributed by atoms with Crippen LogP contribution in [0, 0.1) is 0 Å². The normalized spacial score (nSPS) is 12.8. The molecule has 0 spiro atoms. The van der Waals surface area contributed by atoms with E-state index in [2.05, 4.69) is 0 Å². The highest BCUT2D eigenvalue weighted by atomic mass is 19.4. The maximum absolute atomic E-state index is 13.1. The average molecular weight is 388 g/mol. The topological polar surface area (TPSA) is 26.3 Å². The number of carbonyl (C=O) groups excluding carboxylic acids is 1. The summed E-state index contributed by atoms with van der Waals surface area (Å²) >= 11 is 0.